The minimum absolute atomic E-state index is 0.0103. The number of para-hydroxylation sites is 1. The second-order valence-corrected chi connectivity index (χ2v) is 14.0. The van der Waals surface area contributed by atoms with Crippen molar-refractivity contribution >= 4 is 45.8 Å². The Balaban J connectivity index is 1.17. The molecule has 0 saturated carbocycles. The number of rotatable bonds is 14. The molecule has 2 amide bonds. The van der Waals surface area contributed by atoms with Gasteiger partial charge in [-0.1, -0.05) is 96.4 Å². The van der Waals surface area contributed by atoms with Gasteiger partial charge in [-0.05, 0) is 96.2 Å². The van der Waals surface area contributed by atoms with Crippen LogP contribution in [0.1, 0.15) is 40.7 Å². The predicted octanol–water partition coefficient (Wildman–Crippen LogP) is 8.16. The Bertz CT molecular complexity index is 1920. The fourth-order valence-electron chi connectivity index (χ4n) is 6.71. The number of carbonyl (C=O) groups excluding carboxylic acids is 2. The molecule has 0 aliphatic carbocycles. The van der Waals surface area contributed by atoms with E-state index in [9.17, 15) is 9.59 Å². The van der Waals surface area contributed by atoms with Gasteiger partial charge in [0.05, 0.1) is 0 Å². The number of ether oxygens (including phenoxy) is 1. The lowest BCUT2D eigenvalue weighted by Gasteiger charge is -2.43. The number of hydrogen-bond acceptors (Lipinski definition) is 5. The Morgan fingerprint density at radius 1 is 0.824 bits per heavy atom. The van der Waals surface area contributed by atoms with Gasteiger partial charge in [0.1, 0.15) is 17.5 Å². The summed E-state index contributed by atoms with van der Waals surface area (Å²) in [5, 5.41) is 6.50. The van der Waals surface area contributed by atoms with Crippen LogP contribution in [0.15, 0.2) is 115 Å². The number of benzene rings is 5. The molecule has 2 atom stereocenters. The van der Waals surface area contributed by atoms with Crippen LogP contribution in [0.2, 0.25) is 10.0 Å². The van der Waals surface area contributed by atoms with Crippen molar-refractivity contribution in [3.63, 3.8) is 0 Å². The Kier molecular flexibility index (Phi) is 12.6. The van der Waals surface area contributed by atoms with E-state index in [1.165, 1.54) is 16.3 Å². The van der Waals surface area contributed by atoms with Gasteiger partial charge in [-0.3, -0.25) is 14.5 Å². The molecule has 51 heavy (non-hydrogen) atoms. The zero-order valence-electron chi connectivity index (χ0n) is 28.6. The van der Waals surface area contributed by atoms with E-state index in [0.717, 1.165) is 50.9 Å². The normalized spacial score (nSPS) is 15.4. The SMILES string of the molecule is NCCCC[C@H]1CN(CCc2ccc3ccccc3c2)CCN1C(=O)[C@@H](Cc1ccc(Cl)cc1Cl)NC(=O)c1ccc(Oc2ccccc2)cc1. The number of amides is 2. The topological polar surface area (TPSA) is 87.9 Å². The first-order chi connectivity index (χ1) is 24.9. The van der Waals surface area contributed by atoms with E-state index in [-0.39, 0.29) is 24.3 Å². The number of nitrogens with two attached hydrogens (primary N) is 1. The highest BCUT2D eigenvalue weighted by Crippen LogP contribution is 2.26. The third kappa shape index (κ3) is 9.89. The van der Waals surface area contributed by atoms with Gasteiger partial charge in [-0.25, -0.2) is 0 Å². The molecule has 0 spiro atoms. The number of nitrogens with zero attached hydrogens (tertiary/aromatic N) is 2. The molecule has 1 fully saturated rings. The summed E-state index contributed by atoms with van der Waals surface area (Å²) in [5.41, 5.74) is 8.33. The van der Waals surface area contributed by atoms with Crippen LogP contribution in [-0.4, -0.2) is 66.4 Å². The first kappa shape index (κ1) is 36.4. The summed E-state index contributed by atoms with van der Waals surface area (Å²) >= 11 is 12.8. The number of fused-ring (bicyclic) bond motifs is 1. The second-order valence-electron chi connectivity index (χ2n) is 13.1. The number of nitrogens with one attached hydrogen (secondary N) is 1. The van der Waals surface area contributed by atoms with E-state index in [2.05, 4.69) is 52.7 Å². The van der Waals surface area contributed by atoms with Crippen molar-refractivity contribution in [1.29, 1.82) is 0 Å². The van der Waals surface area contributed by atoms with Gasteiger partial charge in [-0.2, -0.15) is 0 Å². The van der Waals surface area contributed by atoms with E-state index in [0.29, 0.717) is 40.2 Å². The second kappa shape index (κ2) is 17.7. The zero-order chi connectivity index (χ0) is 35.6. The van der Waals surface area contributed by atoms with Crippen molar-refractivity contribution in [1.82, 2.24) is 15.1 Å². The van der Waals surface area contributed by atoms with Crippen molar-refractivity contribution in [3.05, 3.63) is 142 Å². The van der Waals surface area contributed by atoms with Crippen LogP contribution in [0.4, 0.5) is 0 Å². The van der Waals surface area contributed by atoms with E-state index in [4.69, 9.17) is 33.7 Å². The molecule has 1 heterocycles. The van der Waals surface area contributed by atoms with Gasteiger partial charge in [0.25, 0.3) is 5.91 Å². The average Bonchev–Trinajstić information content (AvgIpc) is 3.15. The quantitative estimate of drug-likeness (QED) is 0.113. The monoisotopic (exact) mass is 722 g/mol. The summed E-state index contributed by atoms with van der Waals surface area (Å²) in [6.45, 7) is 3.58. The van der Waals surface area contributed by atoms with Crippen LogP contribution in [-0.2, 0) is 17.6 Å². The molecular formula is C42H44Cl2N4O3. The minimum atomic E-state index is -0.836. The van der Waals surface area contributed by atoms with E-state index >= 15 is 0 Å². The molecule has 1 aliphatic heterocycles. The fourth-order valence-corrected chi connectivity index (χ4v) is 7.20. The molecule has 7 nitrogen and oxygen atoms in total. The van der Waals surface area contributed by atoms with Crippen LogP contribution in [0.3, 0.4) is 0 Å². The maximum atomic E-state index is 14.5. The summed E-state index contributed by atoms with van der Waals surface area (Å²) < 4.78 is 5.90. The highest BCUT2D eigenvalue weighted by molar-refractivity contribution is 6.35. The van der Waals surface area contributed by atoms with E-state index in [1.54, 1.807) is 36.4 Å². The fraction of sp³-hybridized carbons (Fsp3) is 0.286. The Hall–Kier alpha value is -4.40. The van der Waals surface area contributed by atoms with Crippen LogP contribution >= 0.6 is 23.2 Å². The van der Waals surface area contributed by atoms with E-state index in [1.807, 2.05) is 41.3 Å². The van der Waals surface area contributed by atoms with Crippen LogP contribution in [0.25, 0.3) is 10.8 Å². The highest BCUT2D eigenvalue weighted by atomic mass is 35.5. The third-order valence-corrected chi connectivity index (χ3v) is 10.1. The molecular weight excluding hydrogens is 679 g/mol. The van der Waals surface area contributed by atoms with Crippen LogP contribution in [0.5, 0.6) is 11.5 Å². The van der Waals surface area contributed by atoms with Gasteiger partial charge < -0.3 is 20.7 Å². The minimum Gasteiger partial charge on any atom is -0.457 e. The molecule has 9 heteroatoms. The molecule has 1 saturated heterocycles. The number of carbonyl (C=O) groups is 2. The summed E-state index contributed by atoms with van der Waals surface area (Å²) in [6.07, 6.45) is 3.80. The first-order valence-corrected chi connectivity index (χ1v) is 18.4. The standard InChI is InChI=1S/C42H44Cl2N4O3/c43-35-18-15-34(39(44)28-35)27-40(46-41(49)32-16-19-38(20-17-32)51-37-11-2-1-3-12-37)42(50)48-25-24-47(29-36(48)10-6-7-22-45)23-21-30-13-14-31-8-4-5-9-33(31)26-30/h1-5,8-9,11-20,26,28,36,40H,6-7,10,21-25,27,29,45H2,(H,46,49)/t36-,40+/m0/s1. The smallest absolute Gasteiger partial charge is 0.251 e. The molecule has 1 aliphatic rings. The van der Waals surface area contributed by atoms with Crippen LogP contribution in [0, 0.1) is 0 Å². The molecule has 5 aromatic carbocycles. The first-order valence-electron chi connectivity index (χ1n) is 17.6. The third-order valence-electron chi connectivity index (χ3n) is 9.51. The summed E-state index contributed by atoms with van der Waals surface area (Å²) in [4.78, 5) is 32.6. The van der Waals surface area contributed by atoms with Crippen molar-refractivity contribution in [2.75, 3.05) is 32.7 Å². The van der Waals surface area contributed by atoms with Gasteiger partial charge in [-0.15, -0.1) is 0 Å². The van der Waals surface area contributed by atoms with Crippen molar-refractivity contribution in [2.24, 2.45) is 5.73 Å². The maximum Gasteiger partial charge on any atom is 0.251 e. The van der Waals surface area contributed by atoms with Crippen molar-refractivity contribution in [3.8, 4) is 11.5 Å². The van der Waals surface area contributed by atoms with Gasteiger partial charge in [0.2, 0.25) is 5.91 Å². The number of piperazine rings is 1. The lowest BCUT2D eigenvalue weighted by atomic mass is 9.99. The summed E-state index contributed by atoms with van der Waals surface area (Å²) in [7, 11) is 0. The molecule has 0 bridgehead atoms. The summed E-state index contributed by atoms with van der Waals surface area (Å²) in [5.74, 6) is 0.843. The van der Waals surface area contributed by atoms with Gasteiger partial charge >= 0.3 is 0 Å². The van der Waals surface area contributed by atoms with Gasteiger partial charge in [0.15, 0.2) is 0 Å². The predicted molar refractivity (Wildman–Crippen MR) is 207 cm³/mol. The Morgan fingerprint density at radius 3 is 2.33 bits per heavy atom. The number of halogens is 2. The molecule has 0 aromatic heterocycles. The highest BCUT2D eigenvalue weighted by Gasteiger charge is 2.35. The Morgan fingerprint density at radius 2 is 1.57 bits per heavy atom. The number of hydrogen-bond donors (Lipinski definition) is 2. The Labute approximate surface area is 310 Å². The molecule has 6 rings (SSSR count). The molecule has 264 valence electrons. The molecule has 3 N–H and O–H groups in total. The lowest BCUT2D eigenvalue weighted by molar-refractivity contribution is -0.138. The average molecular weight is 724 g/mol. The van der Waals surface area contributed by atoms with E-state index < -0.39 is 6.04 Å². The maximum absolute atomic E-state index is 14.5. The molecule has 0 radical (unpaired) electrons. The van der Waals surface area contributed by atoms with Crippen molar-refractivity contribution in [2.45, 2.75) is 44.2 Å². The summed E-state index contributed by atoms with van der Waals surface area (Å²) in [6, 6.07) is 35.8. The number of unbranched alkanes of at least 4 members (excludes halogenated alkanes) is 1. The van der Waals surface area contributed by atoms with Crippen molar-refractivity contribution < 1.29 is 14.3 Å². The van der Waals surface area contributed by atoms with Crippen LogP contribution < -0.4 is 15.8 Å². The largest absolute Gasteiger partial charge is 0.457 e. The zero-order valence-corrected chi connectivity index (χ0v) is 30.2. The lowest BCUT2D eigenvalue weighted by Crippen LogP contribution is -2.60. The van der Waals surface area contributed by atoms with Gasteiger partial charge in [0, 0.05) is 54.3 Å². The molecule has 5 aromatic rings. The molecule has 0 unspecified atom stereocenters.